The van der Waals surface area contributed by atoms with Crippen LogP contribution in [-0.4, -0.2) is 18.2 Å². The molecule has 2 bridgehead atoms. The number of carbonyl (C=O) groups is 1. The Hall–Kier alpha value is -3.11. The van der Waals surface area contributed by atoms with Crippen LogP contribution in [0.4, 0.5) is 5.69 Å². The molecule has 0 spiro atoms. The molecule has 3 aromatic rings. The second-order valence-corrected chi connectivity index (χ2v) is 9.27. The molecule has 2 aliphatic heterocycles. The van der Waals surface area contributed by atoms with Crippen LogP contribution in [0.25, 0.3) is 11.1 Å². The molecule has 3 aromatic carbocycles. The summed E-state index contributed by atoms with van der Waals surface area (Å²) in [7, 11) is 0. The highest BCUT2D eigenvalue weighted by Gasteiger charge is 2.51. The van der Waals surface area contributed by atoms with E-state index < -0.39 is 0 Å². The molecule has 3 fully saturated rings. The summed E-state index contributed by atoms with van der Waals surface area (Å²) in [6, 6.07) is 26.6. The molecule has 4 heteroatoms. The minimum absolute atomic E-state index is 0.0509. The zero-order valence-corrected chi connectivity index (χ0v) is 18.3. The minimum Gasteiger partial charge on any atom is -0.461 e. The van der Waals surface area contributed by atoms with Crippen molar-refractivity contribution in [2.45, 2.75) is 49.7 Å². The van der Waals surface area contributed by atoms with Gasteiger partial charge < -0.3 is 15.2 Å². The highest BCUT2D eigenvalue weighted by atomic mass is 16.5. The van der Waals surface area contributed by atoms with E-state index in [-0.39, 0.29) is 17.0 Å². The Balaban J connectivity index is 1.21. The van der Waals surface area contributed by atoms with Gasteiger partial charge >= 0.3 is 5.97 Å². The number of fused-ring (bicyclic) bond motifs is 3. The van der Waals surface area contributed by atoms with E-state index in [1.165, 1.54) is 16.7 Å². The van der Waals surface area contributed by atoms with Crippen molar-refractivity contribution >= 4 is 11.7 Å². The molecule has 2 heterocycles. The Morgan fingerprint density at radius 1 is 0.844 bits per heavy atom. The normalized spacial score (nSPS) is 24.2. The number of ether oxygens (including phenoxy) is 2. The van der Waals surface area contributed by atoms with Gasteiger partial charge in [0.25, 0.3) is 0 Å². The fraction of sp³-hybridized carbons (Fsp3) is 0.321. The van der Waals surface area contributed by atoms with E-state index in [2.05, 4.69) is 36.4 Å². The van der Waals surface area contributed by atoms with E-state index in [1.54, 1.807) is 0 Å². The van der Waals surface area contributed by atoms with Gasteiger partial charge in [-0.2, -0.15) is 0 Å². The third kappa shape index (κ3) is 4.15. The molecule has 4 nitrogen and oxygen atoms in total. The summed E-state index contributed by atoms with van der Waals surface area (Å²) in [5.74, 6) is -0.170. The predicted octanol–water partition coefficient (Wildman–Crippen LogP) is 5.65. The Labute approximate surface area is 189 Å². The molecule has 0 unspecified atom stereocenters. The number of hydrogen-bond donors (Lipinski definition) is 1. The third-order valence-electron chi connectivity index (χ3n) is 7.22. The molecule has 1 saturated carbocycles. The van der Waals surface area contributed by atoms with Gasteiger partial charge in [-0.15, -0.1) is 0 Å². The van der Waals surface area contributed by atoms with Crippen molar-refractivity contribution in [3.05, 3.63) is 90.0 Å². The summed E-state index contributed by atoms with van der Waals surface area (Å²) in [6.45, 7) is 0.986. The molecule has 6 rings (SSSR count). The SMILES string of the molecule is Nc1ccc(-c2ccc(C34CCC(CC(=O)OCc5ccccc5)(CC3)OC4)cc2)cc1. The van der Waals surface area contributed by atoms with Crippen molar-refractivity contribution in [1.82, 2.24) is 0 Å². The lowest BCUT2D eigenvalue weighted by molar-refractivity contribution is -0.179. The number of esters is 1. The van der Waals surface area contributed by atoms with Crippen LogP contribution in [0.15, 0.2) is 78.9 Å². The number of anilines is 1. The maximum atomic E-state index is 12.5. The second kappa shape index (κ2) is 8.44. The molecular formula is C28H29NO3. The Bertz CT molecular complexity index is 1050. The zero-order valence-electron chi connectivity index (χ0n) is 18.3. The topological polar surface area (TPSA) is 61.6 Å². The third-order valence-corrected chi connectivity index (χ3v) is 7.22. The van der Waals surface area contributed by atoms with Crippen LogP contribution in [0.2, 0.25) is 0 Å². The first-order valence-corrected chi connectivity index (χ1v) is 11.4. The van der Waals surface area contributed by atoms with Gasteiger partial charge in [-0.25, -0.2) is 0 Å². The van der Waals surface area contributed by atoms with Crippen molar-refractivity contribution in [1.29, 1.82) is 0 Å². The number of rotatable bonds is 6. The van der Waals surface area contributed by atoms with Gasteiger partial charge in [0.2, 0.25) is 0 Å². The van der Waals surface area contributed by atoms with Crippen molar-refractivity contribution < 1.29 is 14.3 Å². The molecule has 0 atom stereocenters. The van der Waals surface area contributed by atoms with E-state index >= 15 is 0 Å². The fourth-order valence-corrected chi connectivity index (χ4v) is 5.11. The number of nitrogen functional groups attached to an aromatic ring is 1. The summed E-state index contributed by atoms with van der Waals surface area (Å²) in [4.78, 5) is 12.5. The maximum absolute atomic E-state index is 12.5. The van der Waals surface area contributed by atoms with Crippen LogP contribution in [-0.2, 0) is 26.3 Å². The summed E-state index contributed by atoms with van der Waals surface area (Å²) >= 11 is 0. The average molecular weight is 428 g/mol. The second-order valence-electron chi connectivity index (χ2n) is 9.27. The lowest BCUT2D eigenvalue weighted by Gasteiger charge is -2.53. The lowest BCUT2D eigenvalue weighted by Crippen LogP contribution is -2.54. The van der Waals surface area contributed by atoms with Crippen LogP contribution in [0.3, 0.4) is 0 Å². The number of carbonyl (C=O) groups excluding carboxylic acids is 1. The van der Waals surface area contributed by atoms with Crippen molar-refractivity contribution in [2.75, 3.05) is 12.3 Å². The first-order valence-electron chi connectivity index (χ1n) is 11.4. The monoisotopic (exact) mass is 427 g/mol. The Morgan fingerprint density at radius 2 is 1.47 bits per heavy atom. The molecule has 2 saturated heterocycles. The van der Waals surface area contributed by atoms with Gasteiger partial charge in [0, 0.05) is 11.1 Å². The number of benzene rings is 3. The van der Waals surface area contributed by atoms with Crippen LogP contribution >= 0.6 is 0 Å². The lowest BCUT2D eigenvalue weighted by atomic mass is 9.62. The average Bonchev–Trinajstić information content (AvgIpc) is 2.85. The van der Waals surface area contributed by atoms with Crippen LogP contribution in [0.5, 0.6) is 0 Å². The Kier molecular flexibility index (Phi) is 5.48. The minimum atomic E-state index is -0.362. The van der Waals surface area contributed by atoms with E-state index in [1.807, 2.05) is 42.5 Å². The maximum Gasteiger partial charge on any atom is 0.309 e. The quantitative estimate of drug-likeness (QED) is 0.408. The highest BCUT2D eigenvalue weighted by Crippen LogP contribution is 2.51. The van der Waals surface area contributed by atoms with Crippen molar-refractivity contribution in [3.63, 3.8) is 0 Å². The summed E-state index contributed by atoms with van der Waals surface area (Å²) < 4.78 is 11.9. The molecular weight excluding hydrogens is 398 g/mol. The fourth-order valence-electron chi connectivity index (χ4n) is 5.11. The van der Waals surface area contributed by atoms with Gasteiger partial charge in [-0.1, -0.05) is 66.7 Å². The van der Waals surface area contributed by atoms with Crippen LogP contribution in [0, 0.1) is 0 Å². The van der Waals surface area contributed by atoms with Gasteiger partial charge in [0.1, 0.15) is 6.61 Å². The van der Waals surface area contributed by atoms with E-state index in [4.69, 9.17) is 15.2 Å². The molecule has 32 heavy (non-hydrogen) atoms. The van der Waals surface area contributed by atoms with Gasteiger partial charge in [-0.3, -0.25) is 4.79 Å². The smallest absolute Gasteiger partial charge is 0.309 e. The highest BCUT2D eigenvalue weighted by molar-refractivity contribution is 5.71. The molecule has 2 N–H and O–H groups in total. The van der Waals surface area contributed by atoms with Crippen molar-refractivity contribution in [3.8, 4) is 11.1 Å². The first-order chi connectivity index (χ1) is 15.6. The summed E-state index contributed by atoms with van der Waals surface area (Å²) in [5.41, 5.74) is 11.0. The molecule has 164 valence electrons. The van der Waals surface area contributed by atoms with E-state index in [0.29, 0.717) is 19.6 Å². The first kappa shape index (κ1) is 20.8. The number of hydrogen-bond acceptors (Lipinski definition) is 4. The largest absolute Gasteiger partial charge is 0.461 e. The standard InChI is InChI=1S/C28H29NO3/c29-25-12-8-23(9-13-25)22-6-10-24(11-7-22)27-14-16-28(17-15-27,32-20-27)18-26(30)31-19-21-4-2-1-3-5-21/h1-13H,14-20,29H2. The van der Waals surface area contributed by atoms with Gasteiger partial charge in [0.15, 0.2) is 0 Å². The van der Waals surface area contributed by atoms with E-state index in [0.717, 1.165) is 36.9 Å². The molecule has 1 aliphatic carbocycles. The molecule has 0 radical (unpaired) electrons. The Morgan fingerprint density at radius 3 is 2.06 bits per heavy atom. The summed E-state index contributed by atoms with van der Waals surface area (Å²) in [5, 5.41) is 0. The number of nitrogens with two attached hydrogens (primary N) is 1. The molecule has 3 aliphatic rings. The van der Waals surface area contributed by atoms with Gasteiger partial charge in [0.05, 0.1) is 18.6 Å². The molecule has 0 aromatic heterocycles. The van der Waals surface area contributed by atoms with Crippen molar-refractivity contribution in [2.24, 2.45) is 0 Å². The predicted molar refractivity (Wildman–Crippen MR) is 126 cm³/mol. The van der Waals surface area contributed by atoms with Gasteiger partial charge in [-0.05, 0) is 60.1 Å². The molecule has 0 amide bonds. The van der Waals surface area contributed by atoms with Crippen LogP contribution < -0.4 is 5.73 Å². The van der Waals surface area contributed by atoms with E-state index in [9.17, 15) is 4.79 Å². The zero-order chi connectivity index (χ0) is 22.0. The van der Waals surface area contributed by atoms with Crippen LogP contribution in [0.1, 0.15) is 43.2 Å². The summed E-state index contributed by atoms with van der Waals surface area (Å²) in [6.07, 6.45) is 4.21.